The molecule has 0 radical (unpaired) electrons. The van der Waals surface area contributed by atoms with E-state index in [9.17, 15) is 21.4 Å². The second-order valence-electron chi connectivity index (χ2n) is 8.23. The summed E-state index contributed by atoms with van der Waals surface area (Å²) >= 11 is 0. The van der Waals surface area contributed by atoms with Gasteiger partial charge in [0.2, 0.25) is 5.16 Å². The third-order valence-electron chi connectivity index (χ3n) is 5.31. The average molecular weight is 564 g/mol. The first-order chi connectivity index (χ1) is 17.9. The lowest BCUT2D eigenvalue weighted by molar-refractivity contribution is -0.191. The Morgan fingerprint density at radius 2 is 1.68 bits per heavy atom. The van der Waals surface area contributed by atoms with E-state index in [4.69, 9.17) is 14.3 Å². The van der Waals surface area contributed by atoms with Crippen LogP contribution in [0.1, 0.15) is 23.7 Å². The number of pyridine rings is 1. The molecule has 0 aliphatic carbocycles. The molecular weight excluding hydrogens is 540 g/mol. The minimum atomic E-state index is -4.13. The van der Waals surface area contributed by atoms with Crippen LogP contribution in [-0.4, -0.2) is 45.2 Å². The third-order valence-corrected chi connectivity index (χ3v) is 8.51. The molecule has 0 amide bonds. The number of para-hydroxylation sites is 2. The molecule has 0 spiro atoms. The zero-order chi connectivity index (χ0) is 28.1. The number of hydrogen-bond acceptors (Lipinski definition) is 8. The Morgan fingerprint density at radius 3 is 2.34 bits per heavy atom. The number of nitrogens with zero attached hydrogens (tertiary/aromatic N) is 3. The molecule has 0 bridgehead atoms. The van der Waals surface area contributed by atoms with Crippen LogP contribution < -0.4 is 4.74 Å². The van der Waals surface area contributed by atoms with Crippen molar-refractivity contribution in [3.63, 3.8) is 0 Å². The van der Waals surface area contributed by atoms with Gasteiger partial charge in [-0.3, -0.25) is 9.19 Å². The van der Waals surface area contributed by atoms with Crippen molar-refractivity contribution in [3.8, 4) is 5.75 Å². The summed E-state index contributed by atoms with van der Waals surface area (Å²) in [6.45, 7) is 3.24. The Hall–Kier alpha value is -3.80. The van der Waals surface area contributed by atoms with Gasteiger partial charge in [0, 0.05) is 18.7 Å². The zero-order valence-electron chi connectivity index (χ0n) is 20.6. The van der Waals surface area contributed by atoms with Gasteiger partial charge in [-0.05, 0) is 43.7 Å². The fraction of sp³-hybridized carbons (Fsp3) is 0.240. The van der Waals surface area contributed by atoms with E-state index < -0.39 is 33.4 Å². The maximum atomic E-state index is 13.7. The normalized spacial score (nSPS) is 12.3. The van der Waals surface area contributed by atoms with Crippen molar-refractivity contribution in [2.24, 2.45) is 0 Å². The van der Waals surface area contributed by atoms with Gasteiger partial charge in [0.05, 0.1) is 38.2 Å². The van der Waals surface area contributed by atoms with Crippen LogP contribution in [0.4, 0.5) is 8.78 Å². The Morgan fingerprint density at radius 1 is 1.05 bits per heavy atom. The molecule has 0 aliphatic heterocycles. The fourth-order valence-corrected chi connectivity index (χ4v) is 6.83. The molecule has 0 saturated carbocycles. The minimum Gasteiger partial charge on any atom is -0.487 e. The summed E-state index contributed by atoms with van der Waals surface area (Å²) in [5.41, 5.74) is 1.98. The van der Waals surface area contributed by atoms with Gasteiger partial charge in [-0.25, -0.2) is 26.2 Å². The van der Waals surface area contributed by atoms with Gasteiger partial charge < -0.3 is 4.74 Å². The molecule has 38 heavy (non-hydrogen) atoms. The number of imidazole rings is 1. The number of carbonyl (C=O) groups excluding carboxylic acids is 2. The van der Waals surface area contributed by atoms with Crippen LogP contribution in [0.3, 0.4) is 0 Å². The van der Waals surface area contributed by atoms with Crippen molar-refractivity contribution < 1.29 is 35.7 Å². The van der Waals surface area contributed by atoms with Crippen molar-refractivity contribution in [1.82, 2.24) is 13.9 Å². The molecule has 1 unspecified atom stereocenters. The first kappa shape index (κ1) is 28.8. The van der Waals surface area contributed by atoms with Crippen molar-refractivity contribution in [3.05, 3.63) is 77.6 Å². The predicted molar refractivity (Wildman–Crippen MR) is 134 cm³/mol. The molecule has 200 valence electrons. The molecule has 1 atom stereocenters. The maximum absolute atomic E-state index is 13.7. The van der Waals surface area contributed by atoms with E-state index in [0.29, 0.717) is 27.9 Å². The number of alkyl halides is 2. The summed E-state index contributed by atoms with van der Waals surface area (Å²) in [6, 6.07) is 14.6. The van der Waals surface area contributed by atoms with Crippen molar-refractivity contribution in [1.29, 1.82) is 0 Å². The average Bonchev–Trinajstić information content (AvgIpc) is 3.25. The van der Waals surface area contributed by atoms with Crippen LogP contribution >= 0.6 is 0 Å². The number of benzene rings is 2. The number of aromatic nitrogens is 3. The molecule has 2 heterocycles. The van der Waals surface area contributed by atoms with Crippen LogP contribution in [0.5, 0.6) is 5.75 Å². The molecule has 4 aromatic rings. The van der Waals surface area contributed by atoms with E-state index in [2.05, 4.69) is 9.97 Å². The summed E-state index contributed by atoms with van der Waals surface area (Å²) in [4.78, 5) is 24.9. The van der Waals surface area contributed by atoms with Gasteiger partial charge >= 0.3 is 6.15 Å². The van der Waals surface area contributed by atoms with Crippen LogP contribution in [-0.2, 0) is 36.2 Å². The first-order valence-corrected chi connectivity index (χ1v) is 13.8. The maximum Gasteiger partial charge on any atom is 0.373 e. The minimum absolute atomic E-state index is 0.0756. The Bertz CT molecular complexity index is 1630. The van der Waals surface area contributed by atoms with Gasteiger partial charge in [0.25, 0.3) is 15.9 Å². The highest BCUT2D eigenvalue weighted by Gasteiger charge is 2.29. The van der Waals surface area contributed by atoms with E-state index in [-0.39, 0.29) is 27.7 Å². The molecule has 0 fully saturated rings. The monoisotopic (exact) mass is 563 g/mol. The number of fused-ring (bicyclic) bond motifs is 1. The van der Waals surface area contributed by atoms with E-state index in [1.54, 1.807) is 56.3 Å². The molecule has 0 aliphatic rings. The molecule has 0 saturated heterocycles. The third kappa shape index (κ3) is 6.36. The fourth-order valence-electron chi connectivity index (χ4n) is 3.56. The molecule has 2 aromatic heterocycles. The largest absolute Gasteiger partial charge is 0.487 e. The lowest BCUT2D eigenvalue weighted by Crippen LogP contribution is -2.21. The SMILES string of the molecule is Cc1ccccc1S(=O)(=O)n1c(S(=O)Cc2nccc(OCC(C)(F)F)c2C)nc2ccccc21.O=C=O. The van der Waals surface area contributed by atoms with Crippen LogP contribution in [0, 0.1) is 13.8 Å². The summed E-state index contributed by atoms with van der Waals surface area (Å²) < 4.78 is 73.6. The molecule has 4 rings (SSSR count). The van der Waals surface area contributed by atoms with Gasteiger partial charge in [0.1, 0.15) is 5.75 Å². The van der Waals surface area contributed by atoms with Gasteiger partial charge in [-0.1, -0.05) is 30.3 Å². The standard InChI is InChI=1S/C24H23F2N3O4S2.CO2/c1-16-8-4-7-11-22(16)35(31,32)29-20-10-6-5-9-18(20)28-23(29)34(30)14-19-17(2)21(12-13-27-19)33-15-24(3,25)26;2-1-3/h4-13H,14-15H2,1-3H3;. The molecule has 9 nitrogen and oxygen atoms in total. The summed E-state index contributed by atoms with van der Waals surface area (Å²) in [5, 5.41) is -0.151. The second kappa shape index (κ2) is 11.7. The molecule has 2 aromatic carbocycles. The van der Waals surface area contributed by atoms with Crippen molar-refractivity contribution >= 4 is 38.0 Å². The zero-order valence-corrected chi connectivity index (χ0v) is 22.2. The second-order valence-corrected chi connectivity index (χ2v) is 11.3. The summed E-state index contributed by atoms with van der Waals surface area (Å²) in [5.74, 6) is -3.01. The lowest BCUT2D eigenvalue weighted by atomic mass is 10.2. The highest BCUT2D eigenvalue weighted by Crippen LogP contribution is 2.29. The molecular formula is C25H23F2N3O6S2. The van der Waals surface area contributed by atoms with Gasteiger partial charge in [0.15, 0.2) is 6.61 Å². The van der Waals surface area contributed by atoms with Crippen LogP contribution in [0.25, 0.3) is 11.0 Å². The van der Waals surface area contributed by atoms with Crippen molar-refractivity contribution in [2.45, 2.75) is 42.5 Å². The predicted octanol–water partition coefficient (Wildman–Crippen LogP) is 4.04. The van der Waals surface area contributed by atoms with E-state index in [1.807, 2.05) is 0 Å². The van der Waals surface area contributed by atoms with E-state index in [0.717, 1.165) is 10.9 Å². The Kier molecular flexibility index (Phi) is 8.87. The summed E-state index contributed by atoms with van der Waals surface area (Å²) in [7, 11) is -6.07. The molecule has 13 heteroatoms. The number of ether oxygens (including phenoxy) is 1. The highest BCUT2D eigenvalue weighted by molar-refractivity contribution is 7.91. The van der Waals surface area contributed by atoms with E-state index in [1.165, 1.54) is 18.3 Å². The highest BCUT2D eigenvalue weighted by atomic mass is 32.2. The number of hydrogen-bond donors (Lipinski definition) is 0. The lowest BCUT2D eigenvalue weighted by Gasteiger charge is -2.15. The van der Waals surface area contributed by atoms with Crippen LogP contribution in [0.2, 0.25) is 0 Å². The quantitative estimate of drug-likeness (QED) is 0.315. The van der Waals surface area contributed by atoms with Crippen LogP contribution in [0.15, 0.2) is 70.8 Å². The van der Waals surface area contributed by atoms with Gasteiger partial charge in [-0.15, -0.1) is 0 Å². The molecule has 0 N–H and O–H groups in total. The van der Waals surface area contributed by atoms with E-state index >= 15 is 0 Å². The Balaban J connectivity index is 0.00000127. The van der Waals surface area contributed by atoms with Crippen molar-refractivity contribution in [2.75, 3.05) is 6.61 Å². The smallest absolute Gasteiger partial charge is 0.373 e. The first-order valence-electron chi connectivity index (χ1n) is 11.0. The van der Waals surface area contributed by atoms with Gasteiger partial charge in [-0.2, -0.15) is 9.59 Å². The topological polar surface area (TPSA) is 125 Å². The Labute approximate surface area is 220 Å². The number of aryl methyl sites for hydroxylation is 1. The summed E-state index contributed by atoms with van der Waals surface area (Å²) in [6.07, 6.45) is 1.62. The number of halogens is 2. The number of rotatable bonds is 8.